The standard InChI is InChI=1S/C24H18N4O4/c1-32-18-6-5-17-13-28(21(29)19(17)12-18)14-24(22(30)26-23(31)27-24)9-8-15-4-7-20-16(11-15)3-2-10-25-20/h2-7,10-12H,13-14H2,1H3,(H2,26,27,30,31). The van der Waals surface area contributed by atoms with Crippen LogP contribution in [-0.4, -0.2) is 46.9 Å². The van der Waals surface area contributed by atoms with Crippen molar-refractivity contribution in [3.8, 4) is 17.6 Å². The third kappa shape index (κ3) is 3.30. The Morgan fingerprint density at radius 1 is 1.16 bits per heavy atom. The molecule has 1 saturated heterocycles. The maximum atomic E-state index is 13.0. The number of nitrogens with zero attached hydrogens (tertiary/aromatic N) is 2. The van der Waals surface area contributed by atoms with Gasteiger partial charge in [0, 0.05) is 29.3 Å². The summed E-state index contributed by atoms with van der Waals surface area (Å²) in [5.74, 6) is 5.65. The van der Waals surface area contributed by atoms with Crippen LogP contribution in [0.2, 0.25) is 0 Å². The van der Waals surface area contributed by atoms with Gasteiger partial charge in [0.15, 0.2) is 0 Å². The van der Waals surface area contributed by atoms with E-state index in [0.717, 1.165) is 16.5 Å². The van der Waals surface area contributed by atoms with Crippen LogP contribution in [0.3, 0.4) is 0 Å². The highest BCUT2D eigenvalue weighted by Gasteiger charge is 2.48. The van der Waals surface area contributed by atoms with Gasteiger partial charge in [-0.25, -0.2) is 4.79 Å². The van der Waals surface area contributed by atoms with Crippen molar-refractivity contribution in [1.29, 1.82) is 0 Å². The van der Waals surface area contributed by atoms with E-state index in [-0.39, 0.29) is 12.5 Å². The van der Waals surface area contributed by atoms with E-state index in [1.807, 2.05) is 30.3 Å². The maximum absolute atomic E-state index is 13.0. The van der Waals surface area contributed by atoms with Crippen LogP contribution in [0.15, 0.2) is 54.7 Å². The lowest BCUT2D eigenvalue weighted by molar-refractivity contribution is -0.122. The number of amides is 4. The molecule has 0 radical (unpaired) electrons. The Hall–Kier alpha value is -4.38. The number of methoxy groups -OCH3 is 1. The Morgan fingerprint density at radius 3 is 2.81 bits per heavy atom. The van der Waals surface area contributed by atoms with Gasteiger partial charge in [0.05, 0.1) is 19.2 Å². The Morgan fingerprint density at radius 2 is 2.03 bits per heavy atom. The van der Waals surface area contributed by atoms with Crippen LogP contribution in [-0.2, 0) is 11.3 Å². The van der Waals surface area contributed by atoms with Gasteiger partial charge in [-0.05, 0) is 42.0 Å². The minimum absolute atomic E-state index is 0.0808. The zero-order valence-electron chi connectivity index (χ0n) is 17.1. The van der Waals surface area contributed by atoms with Crippen LogP contribution in [0.1, 0.15) is 21.5 Å². The molecule has 1 unspecified atom stereocenters. The smallest absolute Gasteiger partial charge is 0.323 e. The van der Waals surface area contributed by atoms with Crippen LogP contribution >= 0.6 is 0 Å². The van der Waals surface area contributed by atoms with Crippen LogP contribution in [0, 0.1) is 11.8 Å². The summed E-state index contributed by atoms with van der Waals surface area (Å²) in [4.78, 5) is 43.5. The number of imide groups is 1. The molecule has 2 aliphatic rings. The van der Waals surface area contributed by atoms with Crippen molar-refractivity contribution in [3.63, 3.8) is 0 Å². The molecule has 1 fully saturated rings. The minimum Gasteiger partial charge on any atom is -0.497 e. The fraction of sp³-hybridized carbons (Fsp3) is 0.167. The highest BCUT2D eigenvalue weighted by atomic mass is 16.5. The summed E-state index contributed by atoms with van der Waals surface area (Å²) >= 11 is 0. The maximum Gasteiger partial charge on any atom is 0.323 e. The summed E-state index contributed by atoms with van der Waals surface area (Å²) < 4.78 is 5.21. The van der Waals surface area contributed by atoms with Crippen LogP contribution in [0.4, 0.5) is 4.79 Å². The number of hydrogen-bond acceptors (Lipinski definition) is 5. The molecule has 0 spiro atoms. The Bertz CT molecular complexity index is 1360. The molecule has 8 heteroatoms. The first-order valence-corrected chi connectivity index (χ1v) is 9.95. The number of urea groups is 1. The molecule has 1 atom stereocenters. The van der Waals surface area contributed by atoms with Crippen LogP contribution < -0.4 is 15.4 Å². The van der Waals surface area contributed by atoms with Gasteiger partial charge in [-0.1, -0.05) is 24.0 Å². The quantitative estimate of drug-likeness (QED) is 0.492. The average Bonchev–Trinajstić information content (AvgIpc) is 3.26. The number of nitrogens with one attached hydrogen (secondary N) is 2. The van der Waals surface area contributed by atoms with Gasteiger partial charge in [0.1, 0.15) is 5.75 Å². The lowest BCUT2D eigenvalue weighted by atomic mass is 9.99. The minimum atomic E-state index is -1.55. The molecule has 5 rings (SSSR count). The molecule has 0 bridgehead atoms. The molecule has 2 aromatic carbocycles. The lowest BCUT2D eigenvalue weighted by Gasteiger charge is -2.26. The van der Waals surface area contributed by atoms with E-state index in [9.17, 15) is 14.4 Å². The monoisotopic (exact) mass is 426 g/mol. The second kappa shape index (κ2) is 7.39. The molecule has 1 aromatic heterocycles. The largest absolute Gasteiger partial charge is 0.497 e. The number of rotatable bonds is 3. The van der Waals surface area contributed by atoms with Crippen molar-refractivity contribution in [2.45, 2.75) is 12.1 Å². The summed E-state index contributed by atoms with van der Waals surface area (Å²) in [6.07, 6.45) is 1.71. The second-order valence-corrected chi connectivity index (χ2v) is 7.66. The number of aromatic nitrogens is 1. The number of carbonyl (C=O) groups excluding carboxylic acids is 3. The van der Waals surface area contributed by atoms with E-state index in [4.69, 9.17) is 4.74 Å². The van der Waals surface area contributed by atoms with E-state index >= 15 is 0 Å². The highest BCUT2D eigenvalue weighted by molar-refractivity contribution is 6.10. The molecular weight excluding hydrogens is 408 g/mol. The molecule has 158 valence electrons. The average molecular weight is 426 g/mol. The zero-order chi connectivity index (χ0) is 22.3. The van der Waals surface area contributed by atoms with Gasteiger partial charge in [0.2, 0.25) is 5.54 Å². The van der Waals surface area contributed by atoms with Crippen LogP contribution in [0.25, 0.3) is 10.9 Å². The predicted molar refractivity (Wildman–Crippen MR) is 116 cm³/mol. The molecule has 0 saturated carbocycles. The second-order valence-electron chi connectivity index (χ2n) is 7.66. The van der Waals surface area contributed by atoms with Gasteiger partial charge in [-0.3, -0.25) is 19.9 Å². The van der Waals surface area contributed by atoms with Gasteiger partial charge in [0.25, 0.3) is 11.8 Å². The fourth-order valence-corrected chi connectivity index (χ4v) is 3.94. The molecule has 0 aliphatic carbocycles. The topological polar surface area (TPSA) is 101 Å². The number of fused-ring (bicyclic) bond motifs is 2. The number of hydrogen-bond donors (Lipinski definition) is 2. The molecule has 3 aromatic rings. The number of pyridine rings is 1. The van der Waals surface area contributed by atoms with Gasteiger partial charge >= 0.3 is 6.03 Å². The van der Waals surface area contributed by atoms with E-state index in [1.165, 1.54) is 12.0 Å². The molecule has 32 heavy (non-hydrogen) atoms. The van der Waals surface area contributed by atoms with E-state index in [0.29, 0.717) is 23.4 Å². The van der Waals surface area contributed by atoms with Crippen LogP contribution in [0.5, 0.6) is 5.75 Å². The molecule has 2 N–H and O–H groups in total. The normalized spacial score (nSPS) is 19.3. The Labute approximate surface area is 183 Å². The van der Waals surface area contributed by atoms with Crippen molar-refractivity contribution >= 4 is 28.7 Å². The molecule has 8 nitrogen and oxygen atoms in total. The highest BCUT2D eigenvalue weighted by Crippen LogP contribution is 2.28. The first kappa shape index (κ1) is 19.6. The lowest BCUT2D eigenvalue weighted by Crippen LogP contribution is -2.54. The Kier molecular flexibility index (Phi) is 4.52. The SMILES string of the molecule is COc1ccc2c(c1)C(=O)N(CC1(C#Cc3ccc4ncccc4c3)NC(=O)NC1=O)C2. The molecular formula is C24H18N4O4. The van der Waals surface area contributed by atoms with E-state index in [2.05, 4.69) is 27.5 Å². The first-order chi connectivity index (χ1) is 15.5. The molecule has 3 heterocycles. The van der Waals surface area contributed by atoms with Crippen molar-refractivity contribution in [2.75, 3.05) is 13.7 Å². The predicted octanol–water partition coefficient (Wildman–Crippen LogP) is 1.83. The van der Waals surface area contributed by atoms with Crippen molar-refractivity contribution in [2.24, 2.45) is 0 Å². The zero-order valence-corrected chi connectivity index (χ0v) is 17.1. The van der Waals surface area contributed by atoms with Gasteiger partial charge in [-0.15, -0.1) is 0 Å². The first-order valence-electron chi connectivity index (χ1n) is 9.95. The summed E-state index contributed by atoms with van der Waals surface area (Å²) in [7, 11) is 1.53. The van der Waals surface area contributed by atoms with E-state index < -0.39 is 17.5 Å². The molecule has 4 amide bonds. The summed E-state index contributed by atoms with van der Waals surface area (Å²) in [6, 6.07) is 13.9. The summed E-state index contributed by atoms with van der Waals surface area (Å²) in [5, 5.41) is 5.77. The van der Waals surface area contributed by atoms with Crippen molar-refractivity contribution in [3.05, 3.63) is 71.4 Å². The fourth-order valence-electron chi connectivity index (χ4n) is 3.94. The number of benzene rings is 2. The van der Waals surface area contributed by atoms with Gasteiger partial charge in [-0.2, -0.15) is 0 Å². The Balaban J connectivity index is 1.47. The summed E-state index contributed by atoms with van der Waals surface area (Å²) in [6.45, 7) is 0.231. The number of carbonyl (C=O) groups is 3. The third-order valence-corrected chi connectivity index (χ3v) is 5.59. The van der Waals surface area contributed by atoms with Crippen molar-refractivity contribution in [1.82, 2.24) is 20.5 Å². The molecule has 2 aliphatic heterocycles. The summed E-state index contributed by atoms with van der Waals surface area (Å²) in [5.41, 5.74) is 1.28. The van der Waals surface area contributed by atoms with Crippen molar-refractivity contribution < 1.29 is 19.1 Å². The number of ether oxygens (including phenoxy) is 1. The van der Waals surface area contributed by atoms with E-state index in [1.54, 1.807) is 24.4 Å². The van der Waals surface area contributed by atoms with Gasteiger partial charge < -0.3 is 15.0 Å². The third-order valence-electron chi connectivity index (χ3n) is 5.59.